The molecule has 3 rings (SSSR count). The van der Waals surface area contributed by atoms with E-state index in [1.165, 1.54) is 25.7 Å². The Balaban J connectivity index is 1.59. The largest absolute Gasteiger partial charge is 0.475 e. The summed E-state index contributed by atoms with van der Waals surface area (Å²) in [6.45, 7) is 0.658. The molecule has 1 heterocycles. The van der Waals surface area contributed by atoms with E-state index >= 15 is 0 Å². The zero-order valence-corrected chi connectivity index (χ0v) is 9.81. The Bertz CT molecular complexity index is 500. The standard InChI is InChI=1S/C12H14N2O4/c15-10(8-5-9(11(16)17)18-14-8)13-6-12(3-4-12)7-1-2-7/h5,7H,1-4,6H2,(H,13,15)(H,16,17). The fourth-order valence-electron chi connectivity index (χ4n) is 2.42. The molecule has 1 aromatic heterocycles. The molecule has 0 aromatic carbocycles. The van der Waals surface area contributed by atoms with Crippen LogP contribution in [-0.4, -0.2) is 28.7 Å². The van der Waals surface area contributed by atoms with Crippen molar-refractivity contribution in [2.24, 2.45) is 11.3 Å². The van der Waals surface area contributed by atoms with Crippen LogP contribution in [0.2, 0.25) is 0 Å². The molecule has 2 saturated carbocycles. The van der Waals surface area contributed by atoms with Crippen LogP contribution in [0.4, 0.5) is 0 Å². The Kier molecular flexibility index (Phi) is 2.39. The van der Waals surface area contributed by atoms with Gasteiger partial charge in [-0.1, -0.05) is 5.16 Å². The van der Waals surface area contributed by atoms with Crippen LogP contribution >= 0.6 is 0 Å². The number of nitrogens with zero attached hydrogens (tertiary/aromatic N) is 1. The van der Waals surface area contributed by atoms with Gasteiger partial charge in [0.2, 0.25) is 5.76 Å². The van der Waals surface area contributed by atoms with Crippen LogP contribution in [-0.2, 0) is 0 Å². The van der Waals surface area contributed by atoms with E-state index in [1.54, 1.807) is 0 Å². The fraction of sp³-hybridized carbons (Fsp3) is 0.583. The van der Waals surface area contributed by atoms with Crippen molar-refractivity contribution < 1.29 is 19.2 Å². The lowest BCUT2D eigenvalue weighted by Gasteiger charge is -2.13. The van der Waals surface area contributed by atoms with Gasteiger partial charge in [0.15, 0.2) is 5.69 Å². The Labute approximate surface area is 103 Å². The second-order valence-electron chi connectivity index (χ2n) is 5.20. The minimum atomic E-state index is -1.22. The van der Waals surface area contributed by atoms with Gasteiger partial charge in [-0.2, -0.15) is 0 Å². The number of carbonyl (C=O) groups is 2. The van der Waals surface area contributed by atoms with Crippen molar-refractivity contribution in [1.29, 1.82) is 0 Å². The number of amides is 1. The molecule has 0 saturated heterocycles. The lowest BCUT2D eigenvalue weighted by molar-refractivity contribution is 0.0651. The van der Waals surface area contributed by atoms with Crippen molar-refractivity contribution in [1.82, 2.24) is 10.5 Å². The van der Waals surface area contributed by atoms with Gasteiger partial charge < -0.3 is 14.9 Å². The molecule has 1 aromatic rings. The number of hydrogen-bond acceptors (Lipinski definition) is 4. The van der Waals surface area contributed by atoms with Crippen molar-refractivity contribution in [3.63, 3.8) is 0 Å². The van der Waals surface area contributed by atoms with Gasteiger partial charge in [0.1, 0.15) is 0 Å². The SMILES string of the molecule is O=C(NCC1(C2CC2)CC1)c1cc(C(=O)O)on1. The maximum atomic E-state index is 11.8. The summed E-state index contributed by atoms with van der Waals surface area (Å²) in [4.78, 5) is 22.4. The molecule has 2 aliphatic carbocycles. The molecule has 6 heteroatoms. The third-order valence-electron chi connectivity index (χ3n) is 3.89. The van der Waals surface area contributed by atoms with Gasteiger partial charge in [-0.25, -0.2) is 4.79 Å². The molecule has 2 N–H and O–H groups in total. The Morgan fingerprint density at radius 1 is 1.50 bits per heavy atom. The van der Waals surface area contributed by atoms with E-state index in [-0.39, 0.29) is 17.4 Å². The first-order chi connectivity index (χ1) is 8.61. The predicted octanol–water partition coefficient (Wildman–Crippen LogP) is 1.29. The van der Waals surface area contributed by atoms with Crippen molar-refractivity contribution in [3.05, 3.63) is 17.5 Å². The molecule has 18 heavy (non-hydrogen) atoms. The van der Waals surface area contributed by atoms with Crippen LogP contribution in [0.3, 0.4) is 0 Å². The molecule has 0 atom stereocenters. The second kappa shape index (κ2) is 3.83. The molecular formula is C12H14N2O4. The summed E-state index contributed by atoms with van der Waals surface area (Å²) >= 11 is 0. The van der Waals surface area contributed by atoms with Gasteiger partial charge in [-0.15, -0.1) is 0 Å². The van der Waals surface area contributed by atoms with Gasteiger partial charge in [0.05, 0.1) is 0 Å². The lowest BCUT2D eigenvalue weighted by Crippen LogP contribution is -2.31. The second-order valence-corrected chi connectivity index (χ2v) is 5.20. The van der Waals surface area contributed by atoms with Crippen LogP contribution in [0.25, 0.3) is 0 Å². The molecule has 6 nitrogen and oxygen atoms in total. The number of rotatable bonds is 5. The number of carboxylic acid groups (broad SMARTS) is 1. The van der Waals surface area contributed by atoms with Crippen LogP contribution in [0.15, 0.2) is 10.6 Å². The molecule has 1 amide bonds. The number of aromatic nitrogens is 1. The van der Waals surface area contributed by atoms with Gasteiger partial charge in [-0.3, -0.25) is 4.79 Å². The van der Waals surface area contributed by atoms with E-state index in [9.17, 15) is 9.59 Å². The highest BCUT2D eigenvalue weighted by atomic mass is 16.5. The first kappa shape index (κ1) is 11.3. The molecule has 2 aliphatic rings. The smallest absolute Gasteiger partial charge is 0.374 e. The zero-order valence-electron chi connectivity index (χ0n) is 9.81. The Morgan fingerprint density at radius 3 is 2.72 bits per heavy atom. The predicted molar refractivity (Wildman–Crippen MR) is 60.2 cm³/mol. The summed E-state index contributed by atoms with van der Waals surface area (Å²) in [5, 5.41) is 14.9. The number of hydrogen-bond donors (Lipinski definition) is 2. The van der Waals surface area contributed by atoms with E-state index in [1.807, 2.05) is 0 Å². The third-order valence-corrected chi connectivity index (χ3v) is 3.89. The van der Waals surface area contributed by atoms with Crippen LogP contribution < -0.4 is 5.32 Å². The molecule has 0 spiro atoms. The average Bonchev–Trinajstić information content (AvgIpc) is 3.23. The third kappa shape index (κ3) is 1.98. The Morgan fingerprint density at radius 2 is 2.22 bits per heavy atom. The topological polar surface area (TPSA) is 92.4 Å². The van der Waals surface area contributed by atoms with Gasteiger partial charge in [-0.05, 0) is 37.0 Å². The number of carboxylic acids is 1. The molecule has 0 bridgehead atoms. The first-order valence-corrected chi connectivity index (χ1v) is 6.09. The summed E-state index contributed by atoms with van der Waals surface area (Å²) in [7, 11) is 0. The molecule has 96 valence electrons. The van der Waals surface area contributed by atoms with Gasteiger partial charge >= 0.3 is 5.97 Å². The summed E-state index contributed by atoms with van der Waals surface area (Å²) in [5.41, 5.74) is 0.341. The van der Waals surface area contributed by atoms with Crippen LogP contribution in [0.1, 0.15) is 46.7 Å². The van der Waals surface area contributed by atoms with E-state index in [2.05, 4.69) is 15.0 Å². The van der Waals surface area contributed by atoms with E-state index < -0.39 is 5.97 Å². The maximum absolute atomic E-state index is 11.8. The van der Waals surface area contributed by atoms with Gasteiger partial charge in [0, 0.05) is 12.6 Å². The maximum Gasteiger partial charge on any atom is 0.374 e. The van der Waals surface area contributed by atoms with Crippen LogP contribution in [0, 0.1) is 11.3 Å². The molecular weight excluding hydrogens is 236 g/mol. The molecule has 0 aliphatic heterocycles. The fourth-order valence-corrected chi connectivity index (χ4v) is 2.42. The monoisotopic (exact) mass is 250 g/mol. The molecule has 0 unspecified atom stereocenters. The number of aromatic carboxylic acids is 1. The summed E-state index contributed by atoms with van der Waals surface area (Å²) in [5.74, 6) is -1.13. The zero-order chi connectivity index (χ0) is 12.8. The summed E-state index contributed by atoms with van der Waals surface area (Å²) < 4.78 is 4.54. The summed E-state index contributed by atoms with van der Waals surface area (Å²) in [6.07, 6.45) is 4.89. The highest BCUT2D eigenvalue weighted by molar-refractivity contribution is 5.94. The van der Waals surface area contributed by atoms with Crippen molar-refractivity contribution in [3.8, 4) is 0 Å². The first-order valence-electron chi connectivity index (χ1n) is 6.09. The lowest BCUT2D eigenvalue weighted by atomic mass is 10.0. The minimum absolute atomic E-state index is 0.0268. The van der Waals surface area contributed by atoms with Crippen molar-refractivity contribution in [2.75, 3.05) is 6.54 Å². The Hall–Kier alpha value is -1.85. The number of nitrogens with one attached hydrogen (secondary N) is 1. The van der Waals surface area contributed by atoms with Crippen molar-refractivity contribution >= 4 is 11.9 Å². The number of carbonyl (C=O) groups excluding carboxylic acids is 1. The van der Waals surface area contributed by atoms with E-state index in [0.29, 0.717) is 12.0 Å². The van der Waals surface area contributed by atoms with Crippen LogP contribution in [0.5, 0.6) is 0 Å². The van der Waals surface area contributed by atoms with E-state index in [0.717, 1.165) is 12.0 Å². The minimum Gasteiger partial charge on any atom is -0.475 e. The van der Waals surface area contributed by atoms with Gasteiger partial charge in [0.25, 0.3) is 5.91 Å². The van der Waals surface area contributed by atoms with Crippen molar-refractivity contribution in [2.45, 2.75) is 25.7 Å². The van der Waals surface area contributed by atoms with E-state index in [4.69, 9.17) is 5.11 Å². The average molecular weight is 250 g/mol. The molecule has 0 radical (unpaired) electrons. The quantitative estimate of drug-likeness (QED) is 0.821. The highest BCUT2D eigenvalue weighted by Gasteiger charge is 2.53. The highest BCUT2D eigenvalue weighted by Crippen LogP contribution is 2.60. The summed E-state index contributed by atoms with van der Waals surface area (Å²) in [6, 6.07) is 1.15. The molecule has 2 fully saturated rings. The normalized spacial score (nSPS) is 20.4.